The molecule has 0 amide bonds. The highest BCUT2D eigenvalue weighted by molar-refractivity contribution is 7.10. The number of rotatable bonds is 6. The Morgan fingerprint density at radius 2 is 2.56 bits per heavy atom. The summed E-state index contributed by atoms with van der Waals surface area (Å²) in [6, 6.07) is -0.439. The van der Waals surface area contributed by atoms with Crippen LogP contribution in [-0.2, 0) is 9.53 Å². The van der Waals surface area contributed by atoms with Crippen LogP contribution >= 0.6 is 11.3 Å². The fraction of sp³-hybridized carbons (Fsp3) is 0.455. The summed E-state index contributed by atoms with van der Waals surface area (Å²) in [5.74, 6) is -0.267. The predicted octanol–water partition coefficient (Wildman–Crippen LogP) is 1.83. The van der Waals surface area contributed by atoms with Crippen LogP contribution in [0.25, 0.3) is 0 Å². The van der Waals surface area contributed by atoms with Crippen LogP contribution in [0.5, 0.6) is 0 Å². The lowest BCUT2D eigenvalue weighted by Crippen LogP contribution is -2.30. The molecule has 0 saturated heterocycles. The van der Waals surface area contributed by atoms with Gasteiger partial charge >= 0.3 is 5.97 Å². The molecule has 16 heavy (non-hydrogen) atoms. The maximum absolute atomic E-state index is 11.8. The van der Waals surface area contributed by atoms with E-state index < -0.39 is 6.04 Å². The van der Waals surface area contributed by atoms with Crippen molar-refractivity contribution in [3.8, 4) is 0 Å². The first kappa shape index (κ1) is 12.9. The molecular formula is C11H16N2O2S. The van der Waals surface area contributed by atoms with Gasteiger partial charge in [0.15, 0.2) is 0 Å². The Morgan fingerprint density at radius 3 is 3.06 bits per heavy atom. The maximum atomic E-state index is 11.8. The number of nitrogens with one attached hydrogen (secondary N) is 1. The highest BCUT2D eigenvalue weighted by Crippen LogP contribution is 2.22. The molecule has 0 radical (unpaired) electrons. The molecule has 0 aliphatic carbocycles. The molecule has 1 rings (SSSR count). The molecule has 0 aliphatic heterocycles. The van der Waals surface area contributed by atoms with E-state index in [4.69, 9.17) is 4.74 Å². The third-order valence-corrected chi connectivity index (χ3v) is 3.03. The largest absolute Gasteiger partial charge is 0.465 e. The van der Waals surface area contributed by atoms with Crippen molar-refractivity contribution in [3.63, 3.8) is 0 Å². The molecule has 88 valence electrons. The molecular weight excluding hydrogens is 224 g/mol. The molecule has 1 aromatic heterocycles. The van der Waals surface area contributed by atoms with E-state index >= 15 is 0 Å². The lowest BCUT2D eigenvalue weighted by molar-refractivity contribution is -0.145. The first-order chi connectivity index (χ1) is 7.70. The van der Waals surface area contributed by atoms with E-state index in [0.29, 0.717) is 13.2 Å². The van der Waals surface area contributed by atoms with Crippen LogP contribution < -0.4 is 5.32 Å². The second kappa shape index (κ2) is 6.40. The maximum Gasteiger partial charge on any atom is 0.328 e. The smallest absolute Gasteiger partial charge is 0.328 e. The van der Waals surface area contributed by atoms with Crippen molar-refractivity contribution in [2.45, 2.75) is 19.9 Å². The Hall–Kier alpha value is -1.20. The average molecular weight is 240 g/mol. The van der Waals surface area contributed by atoms with Crippen molar-refractivity contribution in [3.05, 3.63) is 28.7 Å². The van der Waals surface area contributed by atoms with Gasteiger partial charge in [-0.1, -0.05) is 6.08 Å². The second-order valence-corrected chi connectivity index (χ2v) is 4.07. The zero-order valence-electron chi connectivity index (χ0n) is 9.53. The number of aryl methyl sites for hydroxylation is 1. The fourth-order valence-electron chi connectivity index (χ4n) is 1.30. The molecule has 0 aromatic carbocycles. The second-order valence-electron chi connectivity index (χ2n) is 3.18. The zero-order valence-corrected chi connectivity index (χ0v) is 10.3. The summed E-state index contributed by atoms with van der Waals surface area (Å²) in [4.78, 5) is 16.8. The Labute approximate surface area is 99.3 Å². The summed E-state index contributed by atoms with van der Waals surface area (Å²) in [7, 11) is 0. The van der Waals surface area contributed by atoms with Crippen LogP contribution in [-0.4, -0.2) is 24.1 Å². The van der Waals surface area contributed by atoms with Gasteiger partial charge in [0, 0.05) is 6.54 Å². The van der Waals surface area contributed by atoms with Gasteiger partial charge < -0.3 is 4.74 Å². The van der Waals surface area contributed by atoms with Crippen LogP contribution in [0.2, 0.25) is 0 Å². The summed E-state index contributed by atoms with van der Waals surface area (Å²) in [5.41, 5.74) is 2.59. The average Bonchev–Trinajstić information content (AvgIpc) is 2.66. The fourth-order valence-corrected chi connectivity index (χ4v) is 2.16. The summed E-state index contributed by atoms with van der Waals surface area (Å²) in [6.07, 6.45) is 1.71. The molecule has 0 saturated carbocycles. The molecule has 5 heteroatoms. The van der Waals surface area contributed by atoms with Gasteiger partial charge in [-0.25, -0.2) is 9.78 Å². The molecule has 1 atom stereocenters. The van der Waals surface area contributed by atoms with Gasteiger partial charge in [0.25, 0.3) is 0 Å². The SMILES string of the molecule is C=CCNC(C(=O)OCC)c1scnc1C. The molecule has 0 fully saturated rings. The van der Waals surface area contributed by atoms with Crippen molar-refractivity contribution in [2.75, 3.05) is 13.2 Å². The van der Waals surface area contributed by atoms with Crippen molar-refractivity contribution in [1.29, 1.82) is 0 Å². The number of carbonyl (C=O) groups is 1. The molecule has 0 bridgehead atoms. The Morgan fingerprint density at radius 1 is 1.81 bits per heavy atom. The van der Waals surface area contributed by atoms with Gasteiger partial charge in [0.1, 0.15) is 6.04 Å². The van der Waals surface area contributed by atoms with Crippen LogP contribution in [0, 0.1) is 6.92 Å². The molecule has 4 nitrogen and oxygen atoms in total. The van der Waals surface area contributed by atoms with E-state index in [2.05, 4.69) is 16.9 Å². The number of esters is 1. The zero-order chi connectivity index (χ0) is 12.0. The third-order valence-electron chi connectivity index (χ3n) is 2.03. The normalized spacial score (nSPS) is 12.1. The van der Waals surface area contributed by atoms with Gasteiger partial charge in [-0.15, -0.1) is 17.9 Å². The van der Waals surface area contributed by atoms with E-state index in [1.807, 2.05) is 6.92 Å². The van der Waals surface area contributed by atoms with E-state index in [9.17, 15) is 4.79 Å². The van der Waals surface area contributed by atoms with Crippen molar-refractivity contribution in [2.24, 2.45) is 0 Å². The minimum absolute atomic E-state index is 0.267. The van der Waals surface area contributed by atoms with Crippen molar-refractivity contribution >= 4 is 17.3 Å². The summed E-state index contributed by atoms with van der Waals surface area (Å²) >= 11 is 1.45. The van der Waals surface area contributed by atoms with E-state index in [0.717, 1.165) is 10.6 Å². The standard InChI is InChI=1S/C11H16N2O2S/c1-4-6-12-9(11(14)15-5-2)10-8(3)13-7-16-10/h4,7,9,12H,1,5-6H2,2-3H3. The minimum atomic E-state index is -0.439. The van der Waals surface area contributed by atoms with E-state index in [1.165, 1.54) is 11.3 Å². The summed E-state index contributed by atoms with van der Waals surface area (Å²) < 4.78 is 5.02. The predicted molar refractivity (Wildman–Crippen MR) is 64.4 cm³/mol. The van der Waals surface area contributed by atoms with E-state index in [1.54, 1.807) is 18.5 Å². The quantitative estimate of drug-likeness (QED) is 0.609. The van der Waals surface area contributed by atoms with Crippen LogP contribution in [0.1, 0.15) is 23.5 Å². The number of nitrogens with zero attached hydrogens (tertiary/aromatic N) is 1. The number of hydrogen-bond donors (Lipinski definition) is 1. The number of ether oxygens (including phenoxy) is 1. The highest BCUT2D eigenvalue weighted by Gasteiger charge is 2.24. The number of thiazole rings is 1. The molecule has 1 unspecified atom stereocenters. The first-order valence-corrected chi connectivity index (χ1v) is 5.99. The molecule has 0 spiro atoms. The molecule has 1 heterocycles. The van der Waals surface area contributed by atoms with Gasteiger partial charge in [-0.05, 0) is 13.8 Å². The molecule has 0 aliphatic rings. The Bertz CT molecular complexity index is 363. The molecule has 1 aromatic rings. The van der Waals surface area contributed by atoms with Gasteiger partial charge in [0.05, 0.1) is 22.7 Å². The lowest BCUT2D eigenvalue weighted by atomic mass is 10.2. The Balaban J connectivity index is 2.82. The van der Waals surface area contributed by atoms with E-state index in [-0.39, 0.29) is 5.97 Å². The van der Waals surface area contributed by atoms with Gasteiger partial charge in [-0.3, -0.25) is 5.32 Å². The Kier molecular flexibility index (Phi) is 5.14. The topological polar surface area (TPSA) is 51.2 Å². The van der Waals surface area contributed by atoms with Crippen LogP contribution in [0.15, 0.2) is 18.2 Å². The van der Waals surface area contributed by atoms with Crippen molar-refractivity contribution in [1.82, 2.24) is 10.3 Å². The number of carbonyl (C=O) groups excluding carboxylic acids is 1. The van der Waals surface area contributed by atoms with Crippen molar-refractivity contribution < 1.29 is 9.53 Å². The lowest BCUT2D eigenvalue weighted by Gasteiger charge is -2.15. The third kappa shape index (κ3) is 3.15. The van der Waals surface area contributed by atoms with Gasteiger partial charge in [0.2, 0.25) is 0 Å². The van der Waals surface area contributed by atoms with Crippen LogP contribution in [0.4, 0.5) is 0 Å². The van der Waals surface area contributed by atoms with Crippen LogP contribution in [0.3, 0.4) is 0 Å². The first-order valence-electron chi connectivity index (χ1n) is 5.11. The highest BCUT2D eigenvalue weighted by atomic mass is 32.1. The number of aromatic nitrogens is 1. The summed E-state index contributed by atoms with van der Waals surface area (Å²) in [5, 5.41) is 3.08. The monoisotopic (exact) mass is 240 g/mol. The molecule has 1 N–H and O–H groups in total. The minimum Gasteiger partial charge on any atom is -0.465 e. The van der Waals surface area contributed by atoms with Gasteiger partial charge in [-0.2, -0.15) is 0 Å². The summed E-state index contributed by atoms with van der Waals surface area (Å²) in [6.45, 7) is 8.23. The number of hydrogen-bond acceptors (Lipinski definition) is 5.